The number of nitrogens with zero attached hydrogens (tertiary/aromatic N) is 3. The van der Waals surface area contributed by atoms with E-state index in [1.54, 1.807) is 11.3 Å². The van der Waals surface area contributed by atoms with Gasteiger partial charge in [0.1, 0.15) is 0 Å². The number of nitrogens with one attached hydrogen (secondary N) is 2. The molecule has 1 aromatic rings. The van der Waals surface area contributed by atoms with Crippen molar-refractivity contribution in [3.05, 3.63) is 15.6 Å². The third-order valence-electron chi connectivity index (χ3n) is 4.38. The molecule has 2 heterocycles. The van der Waals surface area contributed by atoms with E-state index in [0.29, 0.717) is 12.6 Å². The molecule has 1 atom stereocenters. The minimum absolute atomic E-state index is 0. The number of hydrogen-bond acceptors (Lipinski definition) is 4. The number of aliphatic imine (C=N–C) groups is 1. The van der Waals surface area contributed by atoms with Gasteiger partial charge in [0.25, 0.3) is 0 Å². The third-order valence-corrected chi connectivity index (χ3v) is 5.44. The lowest BCUT2D eigenvalue weighted by molar-refractivity contribution is 0.157. The van der Waals surface area contributed by atoms with Gasteiger partial charge in [-0.15, -0.1) is 35.3 Å². The van der Waals surface area contributed by atoms with Gasteiger partial charge in [0.2, 0.25) is 0 Å². The second kappa shape index (κ2) is 11.3. The molecule has 5 nitrogen and oxygen atoms in total. The highest BCUT2D eigenvalue weighted by molar-refractivity contribution is 14.0. The number of rotatable bonds is 6. The summed E-state index contributed by atoms with van der Waals surface area (Å²) in [4.78, 5) is 13.1. The molecule has 0 spiro atoms. The van der Waals surface area contributed by atoms with Crippen molar-refractivity contribution >= 4 is 41.3 Å². The molecule has 0 bridgehead atoms. The van der Waals surface area contributed by atoms with Crippen LogP contribution in [-0.4, -0.2) is 48.1 Å². The highest BCUT2D eigenvalue weighted by atomic mass is 127. The second-order valence-electron chi connectivity index (χ2n) is 6.10. The Kier molecular flexibility index (Phi) is 10.1. The van der Waals surface area contributed by atoms with E-state index in [1.807, 2.05) is 0 Å². The van der Waals surface area contributed by atoms with Gasteiger partial charge in [-0.25, -0.2) is 9.98 Å². The van der Waals surface area contributed by atoms with Gasteiger partial charge in [-0.3, -0.25) is 4.90 Å². The molecule has 1 aliphatic rings. The smallest absolute Gasteiger partial charge is 0.191 e. The molecule has 1 fully saturated rings. The average Bonchev–Trinajstić information content (AvgIpc) is 2.88. The van der Waals surface area contributed by atoms with Crippen LogP contribution in [0, 0.1) is 13.8 Å². The quantitative estimate of drug-likeness (QED) is 0.385. The molecule has 1 unspecified atom stereocenters. The highest BCUT2D eigenvalue weighted by Gasteiger charge is 2.20. The number of aromatic nitrogens is 1. The Hall–Kier alpha value is -0.410. The lowest BCUT2D eigenvalue weighted by atomic mass is 10.0. The monoisotopic (exact) mass is 465 g/mol. The van der Waals surface area contributed by atoms with Crippen LogP contribution in [0.3, 0.4) is 0 Å². The number of thiazole rings is 1. The highest BCUT2D eigenvalue weighted by Crippen LogP contribution is 2.18. The predicted octanol–water partition coefficient (Wildman–Crippen LogP) is 3.31. The van der Waals surface area contributed by atoms with E-state index in [-0.39, 0.29) is 24.0 Å². The Morgan fingerprint density at radius 3 is 2.71 bits per heavy atom. The number of guanidine groups is 1. The van der Waals surface area contributed by atoms with E-state index in [0.717, 1.165) is 36.3 Å². The summed E-state index contributed by atoms with van der Waals surface area (Å²) >= 11 is 1.74. The summed E-state index contributed by atoms with van der Waals surface area (Å²) in [6, 6.07) is 0.630. The Morgan fingerprint density at radius 1 is 1.29 bits per heavy atom. The first-order valence-corrected chi connectivity index (χ1v) is 9.64. The summed E-state index contributed by atoms with van der Waals surface area (Å²) in [6.45, 7) is 13.4. The number of likely N-dealkylation sites (tertiary alicyclic amines) is 1. The van der Waals surface area contributed by atoms with Gasteiger partial charge in [-0.1, -0.05) is 13.3 Å². The molecule has 138 valence electrons. The zero-order chi connectivity index (χ0) is 16.7. The largest absolute Gasteiger partial charge is 0.357 e. The first-order valence-electron chi connectivity index (χ1n) is 8.83. The van der Waals surface area contributed by atoms with Crippen molar-refractivity contribution in [2.75, 3.05) is 26.2 Å². The van der Waals surface area contributed by atoms with E-state index < -0.39 is 0 Å². The number of hydrogen-bond donors (Lipinski definition) is 2. The maximum absolute atomic E-state index is 4.74. The molecule has 24 heavy (non-hydrogen) atoms. The van der Waals surface area contributed by atoms with E-state index in [4.69, 9.17) is 4.99 Å². The Bertz CT molecular complexity index is 517. The van der Waals surface area contributed by atoms with Crippen LogP contribution in [0.1, 0.15) is 48.7 Å². The maximum Gasteiger partial charge on any atom is 0.191 e. The summed E-state index contributed by atoms with van der Waals surface area (Å²) in [7, 11) is 0. The normalized spacial score (nSPS) is 19.0. The fraction of sp³-hybridized carbons (Fsp3) is 0.765. The van der Waals surface area contributed by atoms with E-state index >= 15 is 0 Å². The standard InChI is InChI=1S/C17H31N5S.HI/c1-5-18-17(20-12-16-13(3)21-14(4)23-16)19-11-15-9-7-8-10-22(15)6-2;/h15H,5-12H2,1-4H3,(H2,18,19,20);1H. The Labute approximate surface area is 167 Å². The first-order chi connectivity index (χ1) is 11.1. The van der Waals surface area contributed by atoms with Crippen molar-refractivity contribution in [2.24, 2.45) is 4.99 Å². The van der Waals surface area contributed by atoms with E-state index in [2.05, 4.69) is 48.2 Å². The van der Waals surface area contributed by atoms with Crippen LogP contribution in [0.15, 0.2) is 4.99 Å². The Morgan fingerprint density at radius 2 is 2.08 bits per heavy atom. The molecule has 0 aliphatic carbocycles. The van der Waals surface area contributed by atoms with Crippen molar-refractivity contribution < 1.29 is 0 Å². The summed E-state index contributed by atoms with van der Waals surface area (Å²) in [5.74, 6) is 0.916. The van der Waals surface area contributed by atoms with Crippen LogP contribution in [0.25, 0.3) is 0 Å². The molecule has 1 aromatic heterocycles. The molecule has 1 saturated heterocycles. The predicted molar refractivity (Wildman–Crippen MR) is 115 cm³/mol. The lowest BCUT2D eigenvalue weighted by Crippen LogP contribution is -2.49. The molecule has 2 N–H and O–H groups in total. The summed E-state index contributed by atoms with van der Waals surface area (Å²) < 4.78 is 0. The van der Waals surface area contributed by atoms with Gasteiger partial charge in [0.15, 0.2) is 5.96 Å². The van der Waals surface area contributed by atoms with Crippen LogP contribution in [0.2, 0.25) is 0 Å². The number of likely N-dealkylation sites (N-methyl/N-ethyl adjacent to an activating group) is 1. The third kappa shape index (κ3) is 6.48. The molecule has 0 saturated carbocycles. The number of aryl methyl sites for hydroxylation is 2. The van der Waals surface area contributed by atoms with Crippen LogP contribution in [0.4, 0.5) is 0 Å². The van der Waals surface area contributed by atoms with Crippen molar-refractivity contribution in [2.45, 2.75) is 59.5 Å². The molecule has 1 aliphatic heterocycles. The molecule has 0 radical (unpaired) electrons. The second-order valence-corrected chi connectivity index (χ2v) is 7.38. The van der Waals surface area contributed by atoms with Gasteiger partial charge in [0.05, 0.1) is 17.2 Å². The molecular weight excluding hydrogens is 433 g/mol. The summed E-state index contributed by atoms with van der Waals surface area (Å²) in [6.07, 6.45) is 3.96. The fourth-order valence-electron chi connectivity index (χ4n) is 3.13. The maximum atomic E-state index is 4.74. The van der Waals surface area contributed by atoms with E-state index in [1.165, 1.54) is 30.7 Å². The van der Waals surface area contributed by atoms with Crippen LogP contribution < -0.4 is 10.6 Å². The summed E-state index contributed by atoms with van der Waals surface area (Å²) in [5, 5.41) is 8.01. The van der Waals surface area contributed by atoms with Gasteiger partial charge < -0.3 is 10.6 Å². The zero-order valence-electron chi connectivity index (χ0n) is 15.4. The summed E-state index contributed by atoms with van der Waals surface area (Å²) in [5.41, 5.74) is 1.11. The molecule has 7 heteroatoms. The van der Waals surface area contributed by atoms with E-state index in [9.17, 15) is 0 Å². The first kappa shape index (κ1) is 21.6. The van der Waals surface area contributed by atoms with Gasteiger partial charge in [0, 0.05) is 24.0 Å². The van der Waals surface area contributed by atoms with Crippen LogP contribution >= 0.6 is 35.3 Å². The van der Waals surface area contributed by atoms with Crippen LogP contribution in [-0.2, 0) is 6.54 Å². The van der Waals surface area contributed by atoms with Gasteiger partial charge in [-0.2, -0.15) is 0 Å². The average molecular weight is 465 g/mol. The molecular formula is C17H32IN5S. The van der Waals surface area contributed by atoms with Crippen LogP contribution in [0.5, 0.6) is 0 Å². The topological polar surface area (TPSA) is 52.6 Å². The molecule has 2 rings (SSSR count). The van der Waals surface area contributed by atoms with Gasteiger partial charge in [-0.05, 0) is 46.7 Å². The number of halogens is 1. The fourth-order valence-corrected chi connectivity index (χ4v) is 4.00. The van der Waals surface area contributed by atoms with Crippen molar-refractivity contribution in [3.63, 3.8) is 0 Å². The van der Waals surface area contributed by atoms with Crippen molar-refractivity contribution in [1.82, 2.24) is 20.5 Å². The molecule has 0 amide bonds. The Balaban J connectivity index is 0.00000288. The lowest BCUT2D eigenvalue weighted by Gasteiger charge is -2.35. The number of piperidine rings is 1. The minimum Gasteiger partial charge on any atom is -0.357 e. The zero-order valence-corrected chi connectivity index (χ0v) is 18.5. The van der Waals surface area contributed by atoms with Gasteiger partial charge >= 0.3 is 0 Å². The minimum atomic E-state index is 0. The van der Waals surface area contributed by atoms with Crippen molar-refractivity contribution in [3.8, 4) is 0 Å². The molecule has 0 aromatic carbocycles. The SMILES string of the molecule is CCNC(=NCc1sc(C)nc1C)NCC1CCCCN1CC.I. The van der Waals surface area contributed by atoms with Crippen molar-refractivity contribution in [1.29, 1.82) is 0 Å².